The van der Waals surface area contributed by atoms with Gasteiger partial charge in [0.05, 0.1) is 0 Å². The Morgan fingerprint density at radius 3 is 2.84 bits per heavy atom. The summed E-state index contributed by atoms with van der Waals surface area (Å²) in [6.45, 7) is 0.761. The van der Waals surface area contributed by atoms with E-state index in [4.69, 9.17) is 11.5 Å². The van der Waals surface area contributed by atoms with Crippen molar-refractivity contribution in [3.05, 3.63) is 18.7 Å². The van der Waals surface area contributed by atoms with E-state index in [1.54, 1.807) is 23.3 Å². The van der Waals surface area contributed by atoms with E-state index >= 15 is 0 Å². The monoisotopic (exact) mass is 263 g/mol. The van der Waals surface area contributed by atoms with Crippen molar-refractivity contribution in [1.82, 2.24) is 29.8 Å². The third kappa shape index (κ3) is 3.52. The van der Waals surface area contributed by atoms with Crippen LogP contribution in [0, 0.1) is 0 Å². The smallest absolute Gasteiger partial charge is 0.312 e. The SMILES string of the molecule is NC(=O)NCCNc1nc(N)nc(-n2ccnc2)n1. The zero-order valence-corrected chi connectivity index (χ0v) is 9.95. The number of carbonyl (C=O) groups excluding carboxylic acids is 1. The van der Waals surface area contributed by atoms with Crippen molar-refractivity contribution in [3.8, 4) is 5.95 Å². The van der Waals surface area contributed by atoms with Crippen molar-refractivity contribution in [2.45, 2.75) is 0 Å². The highest BCUT2D eigenvalue weighted by atomic mass is 16.2. The molecule has 0 spiro atoms. The highest BCUT2D eigenvalue weighted by Crippen LogP contribution is 2.06. The van der Waals surface area contributed by atoms with Gasteiger partial charge in [-0.15, -0.1) is 0 Å². The van der Waals surface area contributed by atoms with Crippen LogP contribution >= 0.6 is 0 Å². The number of amides is 2. The van der Waals surface area contributed by atoms with Gasteiger partial charge in [0.2, 0.25) is 17.8 Å². The number of nitrogens with two attached hydrogens (primary N) is 2. The van der Waals surface area contributed by atoms with Gasteiger partial charge in [0, 0.05) is 25.5 Å². The Hall–Kier alpha value is -2.91. The number of nitrogen functional groups attached to an aromatic ring is 1. The molecule has 0 saturated carbocycles. The van der Waals surface area contributed by atoms with Gasteiger partial charge in [0.15, 0.2) is 0 Å². The lowest BCUT2D eigenvalue weighted by Gasteiger charge is -2.07. The molecule has 0 aromatic carbocycles. The topological polar surface area (TPSA) is 150 Å². The van der Waals surface area contributed by atoms with Gasteiger partial charge in [0.1, 0.15) is 6.33 Å². The molecule has 10 heteroatoms. The fraction of sp³-hybridized carbons (Fsp3) is 0.222. The summed E-state index contributed by atoms with van der Waals surface area (Å²) < 4.78 is 1.60. The summed E-state index contributed by atoms with van der Waals surface area (Å²) in [7, 11) is 0. The number of hydrogen-bond acceptors (Lipinski definition) is 7. The molecule has 2 aromatic heterocycles. The van der Waals surface area contributed by atoms with Crippen LogP contribution in [-0.4, -0.2) is 43.6 Å². The molecule has 0 aliphatic carbocycles. The van der Waals surface area contributed by atoms with Crippen molar-refractivity contribution in [2.75, 3.05) is 24.1 Å². The predicted octanol–water partition coefficient (Wildman–Crippen LogP) is -1.28. The first-order valence-electron chi connectivity index (χ1n) is 5.42. The average molecular weight is 263 g/mol. The first-order chi connectivity index (χ1) is 9.15. The van der Waals surface area contributed by atoms with Crippen LogP contribution in [0.3, 0.4) is 0 Å². The zero-order valence-electron chi connectivity index (χ0n) is 9.95. The number of nitrogens with zero attached hydrogens (tertiary/aromatic N) is 5. The lowest BCUT2D eigenvalue weighted by Crippen LogP contribution is -2.33. The molecule has 2 heterocycles. The Morgan fingerprint density at radius 2 is 2.16 bits per heavy atom. The second-order valence-corrected chi connectivity index (χ2v) is 3.50. The van der Waals surface area contributed by atoms with E-state index in [9.17, 15) is 4.79 Å². The van der Waals surface area contributed by atoms with Gasteiger partial charge in [-0.2, -0.15) is 15.0 Å². The van der Waals surface area contributed by atoms with E-state index in [0.717, 1.165) is 0 Å². The molecular formula is C9H13N9O. The minimum atomic E-state index is -0.587. The summed E-state index contributed by atoms with van der Waals surface area (Å²) in [6.07, 6.45) is 4.84. The molecule has 100 valence electrons. The fourth-order valence-corrected chi connectivity index (χ4v) is 1.31. The molecule has 10 nitrogen and oxygen atoms in total. The molecule has 0 atom stereocenters. The Bertz CT molecular complexity index is 553. The number of rotatable bonds is 5. The molecule has 2 amide bonds. The summed E-state index contributed by atoms with van der Waals surface area (Å²) in [5.74, 6) is 0.752. The van der Waals surface area contributed by atoms with Gasteiger partial charge in [0.25, 0.3) is 0 Å². The van der Waals surface area contributed by atoms with Crippen LogP contribution in [0.15, 0.2) is 18.7 Å². The van der Waals surface area contributed by atoms with Crippen LogP contribution in [-0.2, 0) is 0 Å². The Labute approximate surface area is 108 Å². The highest BCUT2D eigenvalue weighted by molar-refractivity contribution is 5.71. The first-order valence-corrected chi connectivity index (χ1v) is 5.42. The molecule has 0 fully saturated rings. The first kappa shape index (κ1) is 12.5. The zero-order chi connectivity index (χ0) is 13.7. The number of nitrogens with one attached hydrogen (secondary N) is 2. The van der Waals surface area contributed by atoms with Crippen LogP contribution in [0.4, 0.5) is 16.7 Å². The van der Waals surface area contributed by atoms with E-state index in [1.165, 1.54) is 0 Å². The largest absolute Gasteiger partial charge is 0.368 e. The van der Waals surface area contributed by atoms with Crippen LogP contribution in [0.2, 0.25) is 0 Å². The Kier molecular flexibility index (Phi) is 3.71. The molecule has 0 radical (unpaired) electrons. The van der Waals surface area contributed by atoms with Crippen molar-refractivity contribution in [3.63, 3.8) is 0 Å². The van der Waals surface area contributed by atoms with E-state index in [-0.39, 0.29) is 5.95 Å². The molecule has 0 aliphatic rings. The van der Waals surface area contributed by atoms with Crippen LogP contribution in [0.5, 0.6) is 0 Å². The van der Waals surface area contributed by atoms with Gasteiger partial charge in [-0.3, -0.25) is 4.57 Å². The number of primary amides is 1. The van der Waals surface area contributed by atoms with Crippen LogP contribution < -0.4 is 22.1 Å². The van der Waals surface area contributed by atoms with Crippen LogP contribution in [0.1, 0.15) is 0 Å². The maximum Gasteiger partial charge on any atom is 0.312 e. The number of aromatic nitrogens is 5. The van der Waals surface area contributed by atoms with Crippen molar-refractivity contribution in [1.29, 1.82) is 0 Å². The maximum absolute atomic E-state index is 10.5. The Morgan fingerprint density at radius 1 is 1.32 bits per heavy atom. The van der Waals surface area contributed by atoms with Gasteiger partial charge < -0.3 is 22.1 Å². The van der Waals surface area contributed by atoms with Gasteiger partial charge >= 0.3 is 6.03 Å². The summed E-state index contributed by atoms with van der Waals surface area (Å²) in [5, 5.41) is 5.33. The Balaban J connectivity index is 2.03. The molecular weight excluding hydrogens is 250 g/mol. The molecule has 0 aliphatic heterocycles. The number of anilines is 2. The summed E-state index contributed by atoms with van der Waals surface area (Å²) in [4.78, 5) is 26.4. The standard InChI is InChI=1S/C9H13N9O/c10-6-15-8(14-2-1-13-7(11)19)17-9(16-6)18-4-3-12-5-18/h3-5H,1-2H2,(H3,11,13,19)(H3,10,14,15,16,17). The number of imidazole rings is 1. The summed E-state index contributed by atoms with van der Waals surface area (Å²) in [6, 6.07) is -0.587. The average Bonchev–Trinajstić information content (AvgIpc) is 2.87. The second kappa shape index (κ2) is 5.62. The summed E-state index contributed by atoms with van der Waals surface area (Å²) in [5.41, 5.74) is 10.5. The number of hydrogen-bond donors (Lipinski definition) is 4. The van der Waals surface area contributed by atoms with E-state index in [0.29, 0.717) is 25.0 Å². The number of carbonyl (C=O) groups is 1. The van der Waals surface area contributed by atoms with Crippen molar-refractivity contribution in [2.24, 2.45) is 5.73 Å². The molecule has 0 unspecified atom stereocenters. The van der Waals surface area contributed by atoms with Crippen molar-refractivity contribution < 1.29 is 4.79 Å². The quantitative estimate of drug-likeness (QED) is 0.490. The minimum Gasteiger partial charge on any atom is -0.368 e. The predicted molar refractivity (Wildman–Crippen MR) is 67.4 cm³/mol. The normalized spacial score (nSPS) is 10.1. The third-order valence-electron chi connectivity index (χ3n) is 2.08. The maximum atomic E-state index is 10.5. The number of urea groups is 1. The van der Waals surface area contributed by atoms with E-state index in [2.05, 4.69) is 30.6 Å². The molecule has 0 saturated heterocycles. The lowest BCUT2D eigenvalue weighted by atomic mass is 10.6. The molecule has 19 heavy (non-hydrogen) atoms. The molecule has 2 rings (SSSR count). The van der Waals surface area contributed by atoms with Crippen LogP contribution in [0.25, 0.3) is 5.95 Å². The van der Waals surface area contributed by atoms with E-state index in [1.807, 2.05) is 0 Å². The van der Waals surface area contributed by atoms with Gasteiger partial charge in [-0.1, -0.05) is 0 Å². The second-order valence-electron chi connectivity index (χ2n) is 3.50. The highest BCUT2D eigenvalue weighted by Gasteiger charge is 2.05. The van der Waals surface area contributed by atoms with Gasteiger partial charge in [-0.05, 0) is 0 Å². The molecule has 0 bridgehead atoms. The third-order valence-corrected chi connectivity index (χ3v) is 2.08. The van der Waals surface area contributed by atoms with E-state index < -0.39 is 6.03 Å². The lowest BCUT2D eigenvalue weighted by molar-refractivity contribution is 0.249. The van der Waals surface area contributed by atoms with Crippen molar-refractivity contribution >= 4 is 17.9 Å². The molecule has 6 N–H and O–H groups in total. The molecule has 2 aromatic rings. The fourth-order valence-electron chi connectivity index (χ4n) is 1.31. The van der Waals surface area contributed by atoms with Gasteiger partial charge in [-0.25, -0.2) is 9.78 Å². The summed E-state index contributed by atoms with van der Waals surface area (Å²) >= 11 is 0. The minimum absolute atomic E-state index is 0.0871.